The molecule has 0 aromatic heterocycles. The standard InChI is InChI=1S/C9H11ClFN/c1-6-3-8(10)4-7(5-12-2)9(6)11/h3-4,12H,5H2,1-2H3. The molecule has 12 heavy (non-hydrogen) atoms. The van der Waals surface area contributed by atoms with E-state index >= 15 is 0 Å². The summed E-state index contributed by atoms with van der Waals surface area (Å²) in [6, 6.07) is 3.26. The minimum Gasteiger partial charge on any atom is -0.316 e. The van der Waals surface area contributed by atoms with Crippen molar-refractivity contribution < 1.29 is 4.39 Å². The van der Waals surface area contributed by atoms with Gasteiger partial charge in [0, 0.05) is 17.1 Å². The van der Waals surface area contributed by atoms with Gasteiger partial charge in [0.05, 0.1) is 0 Å². The average molecular weight is 188 g/mol. The van der Waals surface area contributed by atoms with Gasteiger partial charge in [0.25, 0.3) is 0 Å². The molecule has 0 amide bonds. The Morgan fingerprint density at radius 3 is 2.75 bits per heavy atom. The molecular weight excluding hydrogens is 177 g/mol. The Balaban J connectivity index is 3.09. The van der Waals surface area contributed by atoms with Crippen molar-refractivity contribution in [1.82, 2.24) is 5.32 Å². The summed E-state index contributed by atoms with van der Waals surface area (Å²) in [5.74, 6) is -0.172. The number of hydrogen-bond acceptors (Lipinski definition) is 1. The Hall–Kier alpha value is -0.600. The van der Waals surface area contributed by atoms with Gasteiger partial charge >= 0.3 is 0 Å². The molecule has 1 nitrogen and oxygen atoms in total. The molecule has 3 heteroatoms. The third-order valence-electron chi connectivity index (χ3n) is 1.66. The van der Waals surface area contributed by atoms with Crippen LogP contribution >= 0.6 is 11.6 Å². The lowest BCUT2D eigenvalue weighted by atomic mass is 10.1. The van der Waals surface area contributed by atoms with Crippen LogP contribution in [0.15, 0.2) is 12.1 Å². The number of halogens is 2. The molecule has 0 spiro atoms. The minimum absolute atomic E-state index is 0.172. The molecule has 0 saturated heterocycles. The fourth-order valence-electron chi connectivity index (χ4n) is 1.11. The Morgan fingerprint density at radius 1 is 1.50 bits per heavy atom. The van der Waals surface area contributed by atoms with Crippen LogP contribution in [0.25, 0.3) is 0 Å². The van der Waals surface area contributed by atoms with Crippen molar-refractivity contribution in [1.29, 1.82) is 0 Å². The van der Waals surface area contributed by atoms with Gasteiger partial charge in [-0.2, -0.15) is 0 Å². The van der Waals surface area contributed by atoms with E-state index in [9.17, 15) is 4.39 Å². The van der Waals surface area contributed by atoms with Crippen LogP contribution in [0, 0.1) is 12.7 Å². The molecule has 0 aliphatic carbocycles. The van der Waals surface area contributed by atoms with Gasteiger partial charge in [-0.25, -0.2) is 4.39 Å². The smallest absolute Gasteiger partial charge is 0.130 e. The van der Waals surface area contributed by atoms with Crippen molar-refractivity contribution in [3.8, 4) is 0 Å². The van der Waals surface area contributed by atoms with Gasteiger partial charge in [0.2, 0.25) is 0 Å². The second-order valence-corrected chi connectivity index (χ2v) is 3.16. The maximum atomic E-state index is 13.3. The van der Waals surface area contributed by atoms with Crippen LogP contribution in [0.2, 0.25) is 5.02 Å². The highest BCUT2D eigenvalue weighted by Crippen LogP contribution is 2.18. The lowest BCUT2D eigenvalue weighted by molar-refractivity contribution is 0.592. The molecule has 1 aromatic rings. The molecule has 0 radical (unpaired) electrons. The van der Waals surface area contributed by atoms with E-state index in [4.69, 9.17) is 11.6 Å². The normalized spacial score (nSPS) is 10.3. The fourth-order valence-corrected chi connectivity index (χ4v) is 1.41. The zero-order valence-corrected chi connectivity index (χ0v) is 7.87. The topological polar surface area (TPSA) is 12.0 Å². The first-order valence-electron chi connectivity index (χ1n) is 3.74. The Kier molecular flexibility index (Phi) is 3.06. The fraction of sp³-hybridized carbons (Fsp3) is 0.333. The SMILES string of the molecule is CNCc1cc(Cl)cc(C)c1F. The van der Waals surface area contributed by atoms with Crippen molar-refractivity contribution in [3.63, 3.8) is 0 Å². The van der Waals surface area contributed by atoms with Crippen molar-refractivity contribution in [2.24, 2.45) is 0 Å². The zero-order chi connectivity index (χ0) is 9.14. The van der Waals surface area contributed by atoms with Gasteiger partial charge in [-0.05, 0) is 31.7 Å². The molecule has 0 atom stereocenters. The predicted octanol–water partition coefficient (Wildman–Crippen LogP) is 2.51. The number of rotatable bonds is 2. The van der Waals surface area contributed by atoms with Crippen LogP contribution in [0.5, 0.6) is 0 Å². The maximum absolute atomic E-state index is 13.3. The van der Waals surface area contributed by atoms with Crippen LogP contribution in [0.4, 0.5) is 4.39 Å². The molecule has 0 aliphatic rings. The number of hydrogen-bond donors (Lipinski definition) is 1. The molecule has 0 heterocycles. The first-order valence-corrected chi connectivity index (χ1v) is 4.12. The van der Waals surface area contributed by atoms with E-state index in [-0.39, 0.29) is 5.82 Å². The van der Waals surface area contributed by atoms with Crippen molar-refractivity contribution >= 4 is 11.6 Å². The minimum atomic E-state index is -0.172. The highest BCUT2D eigenvalue weighted by atomic mass is 35.5. The average Bonchev–Trinajstić information content (AvgIpc) is 2.00. The monoisotopic (exact) mass is 187 g/mol. The van der Waals surface area contributed by atoms with E-state index in [0.29, 0.717) is 22.7 Å². The summed E-state index contributed by atoms with van der Waals surface area (Å²) in [6.07, 6.45) is 0. The molecule has 0 fully saturated rings. The maximum Gasteiger partial charge on any atom is 0.130 e. The second kappa shape index (κ2) is 3.87. The van der Waals surface area contributed by atoms with E-state index < -0.39 is 0 Å². The molecule has 0 aliphatic heterocycles. The van der Waals surface area contributed by atoms with Crippen LogP contribution < -0.4 is 5.32 Å². The van der Waals surface area contributed by atoms with E-state index in [2.05, 4.69) is 5.32 Å². The Bertz CT molecular complexity index is 286. The molecule has 1 N–H and O–H groups in total. The van der Waals surface area contributed by atoms with Gasteiger partial charge in [0.15, 0.2) is 0 Å². The molecule has 66 valence electrons. The van der Waals surface area contributed by atoms with Gasteiger partial charge in [-0.3, -0.25) is 0 Å². The third-order valence-corrected chi connectivity index (χ3v) is 1.88. The third kappa shape index (κ3) is 1.96. The highest BCUT2D eigenvalue weighted by Gasteiger charge is 2.05. The number of aryl methyl sites for hydroxylation is 1. The molecule has 0 saturated carbocycles. The van der Waals surface area contributed by atoms with Crippen LogP contribution in [0.1, 0.15) is 11.1 Å². The van der Waals surface area contributed by atoms with Crippen molar-refractivity contribution in [2.45, 2.75) is 13.5 Å². The Labute approximate surface area is 76.5 Å². The number of benzene rings is 1. The first-order chi connectivity index (χ1) is 5.65. The molecular formula is C9H11ClFN. The molecule has 1 aromatic carbocycles. The highest BCUT2D eigenvalue weighted by molar-refractivity contribution is 6.30. The molecule has 1 rings (SSSR count). The van der Waals surface area contributed by atoms with E-state index in [0.717, 1.165) is 0 Å². The lowest BCUT2D eigenvalue weighted by Gasteiger charge is -2.05. The lowest BCUT2D eigenvalue weighted by Crippen LogP contribution is -2.07. The largest absolute Gasteiger partial charge is 0.316 e. The summed E-state index contributed by atoms with van der Waals surface area (Å²) in [4.78, 5) is 0. The first kappa shape index (κ1) is 9.49. The van der Waals surface area contributed by atoms with E-state index in [1.54, 1.807) is 26.1 Å². The second-order valence-electron chi connectivity index (χ2n) is 2.73. The summed E-state index contributed by atoms with van der Waals surface area (Å²) < 4.78 is 13.3. The van der Waals surface area contributed by atoms with E-state index in [1.165, 1.54) is 0 Å². The van der Waals surface area contributed by atoms with Crippen LogP contribution in [-0.4, -0.2) is 7.05 Å². The summed E-state index contributed by atoms with van der Waals surface area (Å²) in [5.41, 5.74) is 1.20. The van der Waals surface area contributed by atoms with Gasteiger partial charge in [-0.15, -0.1) is 0 Å². The van der Waals surface area contributed by atoms with E-state index in [1.807, 2.05) is 0 Å². The quantitative estimate of drug-likeness (QED) is 0.750. The van der Waals surface area contributed by atoms with Crippen molar-refractivity contribution in [2.75, 3.05) is 7.05 Å². The van der Waals surface area contributed by atoms with Gasteiger partial charge in [-0.1, -0.05) is 11.6 Å². The predicted molar refractivity (Wildman–Crippen MR) is 48.9 cm³/mol. The summed E-state index contributed by atoms with van der Waals surface area (Å²) in [7, 11) is 1.77. The zero-order valence-electron chi connectivity index (χ0n) is 7.12. The van der Waals surface area contributed by atoms with Crippen molar-refractivity contribution in [3.05, 3.63) is 34.1 Å². The summed E-state index contributed by atoms with van der Waals surface area (Å²) in [6.45, 7) is 2.22. The summed E-state index contributed by atoms with van der Waals surface area (Å²) in [5, 5.41) is 3.46. The number of nitrogens with one attached hydrogen (secondary N) is 1. The van der Waals surface area contributed by atoms with Gasteiger partial charge in [0.1, 0.15) is 5.82 Å². The molecule has 0 unspecified atom stereocenters. The van der Waals surface area contributed by atoms with Gasteiger partial charge < -0.3 is 5.32 Å². The van der Waals surface area contributed by atoms with Crippen LogP contribution in [-0.2, 0) is 6.54 Å². The molecule has 0 bridgehead atoms. The Morgan fingerprint density at radius 2 is 2.17 bits per heavy atom. The van der Waals surface area contributed by atoms with Crippen LogP contribution in [0.3, 0.4) is 0 Å². The summed E-state index contributed by atoms with van der Waals surface area (Å²) >= 11 is 5.76.